The van der Waals surface area contributed by atoms with E-state index < -0.39 is 6.09 Å². The fourth-order valence-corrected chi connectivity index (χ4v) is 4.60. The van der Waals surface area contributed by atoms with E-state index in [0.29, 0.717) is 0 Å². The first-order valence-electron chi connectivity index (χ1n) is 12.1. The Bertz CT molecular complexity index is 1260. The van der Waals surface area contributed by atoms with Crippen LogP contribution in [0, 0.1) is 0 Å². The molecule has 0 radical (unpaired) electrons. The van der Waals surface area contributed by atoms with E-state index in [1.165, 1.54) is 5.56 Å². The number of carbonyl (C=O) groups excluding carboxylic acids is 1. The van der Waals surface area contributed by atoms with Crippen LogP contribution in [0.5, 0.6) is 0 Å². The van der Waals surface area contributed by atoms with Crippen LogP contribution in [0.15, 0.2) is 114 Å². The molecule has 0 unspecified atom stereocenters. The summed E-state index contributed by atoms with van der Waals surface area (Å²) in [7, 11) is 0. The van der Waals surface area contributed by atoms with Gasteiger partial charge in [0.2, 0.25) is 0 Å². The van der Waals surface area contributed by atoms with Gasteiger partial charge in [-0.3, -0.25) is 0 Å². The molecule has 35 heavy (non-hydrogen) atoms. The summed E-state index contributed by atoms with van der Waals surface area (Å²) >= 11 is 0. The Hall–Kier alpha value is -4.18. The van der Waals surface area contributed by atoms with Crippen LogP contribution in [-0.4, -0.2) is 11.8 Å². The topological polar surface area (TPSA) is 50.7 Å². The van der Waals surface area contributed by atoms with E-state index in [9.17, 15) is 4.79 Å². The zero-order chi connectivity index (χ0) is 23.9. The summed E-state index contributed by atoms with van der Waals surface area (Å²) in [6.07, 6.45) is 2.40. The Morgan fingerprint density at radius 2 is 1.43 bits per heavy atom. The largest absolute Gasteiger partial charge is 0.445 e. The molecule has 0 aromatic heterocycles. The van der Waals surface area contributed by atoms with Gasteiger partial charge in [0.05, 0.1) is 17.4 Å². The fraction of sp³-hybridized carbons (Fsp3) is 0.161. The second-order valence-electron chi connectivity index (χ2n) is 8.69. The van der Waals surface area contributed by atoms with Crippen molar-refractivity contribution < 1.29 is 9.53 Å². The van der Waals surface area contributed by atoms with Gasteiger partial charge in [-0.05, 0) is 42.0 Å². The van der Waals surface area contributed by atoms with Gasteiger partial charge in [-0.15, -0.1) is 0 Å². The Morgan fingerprint density at radius 1 is 0.800 bits per heavy atom. The van der Waals surface area contributed by atoms with Crippen LogP contribution in [-0.2, 0) is 17.8 Å². The van der Waals surface area contributed by atoms with Crippen molar-refractivity contribution in [2.75, 3.05) is 0 Å². The molecule has 4 aromatic carbocycles. The second kappa shape index (κ2) is 10.8. The molecule has 1 aliphatic rings. The highest BCUT2D eigenvalue weighted by atomic mass is 16.5. The maximum Gasteiger partial charge on any atom is 0.407 e. The van der Waals surface area contributed by atoms with Gasteiger partial charge >= 0.3 is 6.09 Å². The van der Waals surface area contributed by atoms with E-state index >= 15 is 0 Å². The number of hydrogen-bond acceptors (Lipinski definition) is 3. The van der Waals surface area contributed by atoms with Crippen LogP contribution in [0.25, 0.3) is 0 Å². The number of nitrogens with one attached hydrogen (secondary N) is 1. The number of carbonyl (C=O) groups is 1. The van der Waals surface area contributed by atoms with Gasteiger partial charge in [-0.2, -0.15) is 0 Å². The predicted molar refractivity (Wildman–Crippen MR) is 140 cm³/mol. The molecule has 0 aliphatic heterocycles. The summed E-state index contributed by atoms with van der Waals surface area (Å²) in [5.41, 5.74) is 7.33. The molecule has 0 heterocycles. The van der Waals surface area contributed by atoms with Crippen LogP contribution < -0.4 is 5.32 Å². The third kappa shape index (κ3) is 5.49. The van der Waals surface area contributed by atoms with E-state index in [4.69, 9.17) is 9.73 Å². The average molecular weight is 461 g/mol. The zero-order valence-electron chi connectivity index (χ0n) is 19.6. The number of alkyl carbamates (subject to hydrolysis) is 1. The highest BCUT2D eigenvalue weighted by molar-refractivity contribution is 6.14. The molecule has 174 valence electrons. The van der Waals surface area contributed by atoms with Crippen molar-refractivity contribution in [2.24, 2.45) is 4.99 Å². The van der Waals surface area contributed by atoms with E-state index in [-0.39, 0.29) is 12.6 Å². The number of fused-ring (bicyclic) bond motifs is 1. The number of ether oxygens (including phenoxy) is 1. The molecule has 4 aromatic rings. The van der Waals surface area contributed by atoms with Gasteiger partial charge in [0.25, 0.3) is 0 Å². The van der Waals surface area contributed by atoms with E-state index in [2.05, 4.69) is 41.7 Å². The van der Waals surface area contributed by atoms with Gasteiger partial charge in [0, 0.05) is 11.1 Å². The van der Waals surface area contributed by atoms with Crippen molar-refractivity contribution in [3.05, 3.63) is 137 Å². The lowest BCUT2D eigenvalue weighted by atomic mass is 9.86. The molecular formula is C31H28N2O2. The summed E-state index contributed by atoms with van der Waals surface area (Å²) in [5, 5.41) is 3.08. The summed E-state index contributed by atoms with van der Waals surface area (Å²) in [4.78, 5) is 17.7. The maximum atomic E-state index is 12.6. The van der Waals surface area contributed by atoms with Crippen molar-refractivity contribution in [2.45, 2.75) is 31.9 Å². The molecule has 0 saturated carbocycles. The predicted octanol–water partition coefficient (Wildman–Crippen LogP) is 7.16. The minimum Gasteiger partial charge on any atom is -0.445 e. The molecule has 5 rings (SSSR count). The number of amides is 1. The summed E-state index contributed by atoms with van der Waals surface area (Å²) in [6, 6.07) is 36.4. The molecule has 0 saturated heterocycles. The second-order valence-corrected chi connectivity index (χ2v) is 8.69. The van der Waals surface area contributed by atoms with Crippen LogP contribution >= 0.6 is 0 Å². The van der Waals surface area contributed by atoms with Gasteiger partial charge in [-0.1, -0.05) is 103 Å². The van der Waals surface area contributed by atoms with Crippen LogP contribution in [0.3, 0.4) is 0 Å². The van der Waals surface area contributed by atoms with E-state index in [0.717, 1.165) is 52.9 Å². The highest BCUT2D eigenvalue weighted by Gasteiger charge is 2.24. The lowest BCUT2D eigenvalue weighted by molar-refractivity contribution is 0.134. The third-order valence-electron chi connectivity index (χ3n) is 6.31. The minimum atomic E-state index is -0.394. The minimum absolute atomic E-state index is 0.0888. The van der Waals surface area contributed by atoms with Crippen molar-refractivity contribution in [1.29, 1.82) is 0 Å². The summed E-state index contributed by atoms with van der Waals surface area (Å²) in [6.45, 7) is 0.258. The SMILES string of the molecule is O=C(N[C@@H]1CCCc2c(N=C(c3ccccc3)c3ccccc3)cccc21)OCc1ccccc1. The molecule has 0 bridgehead atoms. The van der Waals surface area contributed by atoms with Crippen LogP contribution in [0.4, 0.5) is 10.5 Å². The summed E-state index contributed by atoms with van der Waals surface area (Å²) in [5.74, 6) is 0. The first-order chi connectivity index (χ1) is 17.3. The number of benzene rings is 4. The van der Waals surface area contributed by atoms with Gasteiger partial charge in [0.15, 0.2) is 0 Å². The molecule has 0 spiro atoms. The van der Waals surface area contributed by atoms with Crippen LogP contribution in [0.2, 0.25) is 0 Å². The van der Waals surface area contributed by atoms with Crippen LogP contribution in [0.1, 0.15) is 46.7 Å². The van der Waals surface area contributed by atoms with E-state index in [1.807, 2.05) is 72.8 Å². The van der Waals surface area contributed by atoms with Gasteiger partial charge < -0.3 is 10.1 Å². The number of aliphatic imine (C=N–C) groups is 1. The Kier molecular flexibility index (Phi) is 7.00. The average Bonchev–Trinajstić information content (AvgIpc) is 2.92. The lowest BCUT2D eigenvalue weighted by Crippen LogP contribution is -2.31. The van der Waals surface area contributed by atoms with Gasteiger partial charge in [-0.25, -0.2) is 9.79 Å². The molecular weight excluding hydrogens is 432 g/mol. The van der Waals surface area contributed by atoms with Crippen molar-refractivity contribution >= 4 is 17.5 Å². The van der Waals surface area contributed by atoms with E-state index in [1.54, 1.807) is 0 Å². The Morgan fingerprint density at radius 3 is 2.09 bits per heavy atom. The van der Waals surface area contributed by atoms with Gasteiger partial charge in [0.1, 0.15) is 6.61 Å². The highest BCUT2D eigenvalue weighted by Crippen LogP contribution is 2.36. The monoisotopic (exact) mass is 460 g/mol. The zero-order valence-corrected chi connectivity index (χ0v) is 19.6. The molecule has 1 aliphatic carbocycles. The Balaban J connectivity index is 1.42. The Labute approximate surface area is 206 Å². The molecule has 4 heteroatoms. The summed E-state index contributed by atoms with van der Waals surface area (Å²) < 4.78 is 5.48. The number of rotatable bonds is 6. The fourth-order valence-electron chi connectivity index (χ4n) is 4.60. The normalized spacial score (nSPS) is 14.5. The van der Waals surface area contributed by atoms with Crippen molar-refractivity contribution in [1.82, 2.24) is 5.32 Å². The lowest BCUT2D eigenvalue weighted by Gasteiger charge is -2.27. The third-order valence-corrected chi connectivity index (χ3v) is 6.31. The molecule has 0 fully saturated rings. The first-order valence-corrected chi connectivity index (χ1v) is 12.1. The first kappa shape index (κ1) is 22.6. The standard InChI is InChI=1S/C31H28N2O2/c34-31(35-22-23-12-4-1-5-13-23)33-29-21-11-18-26-27(29)19-10-20-28(26)32-30(24-14-6-2-7-15-24)25-16-8-3-9-17-25/h1-10,12-17,19-20,29H,11,18,21-22H2,(H,33,34)/t29-/m1/s1. The molecule has 1 atom stereocenters. The van der Waals surface area contributed by atoms with Crippen molar-refractivity contribution in [3.63, 3.8) is 0 Å². The quantitative estimate of drug-likeness (QED) is 0.310. The van der Waals surface area contributed by atoms with Crippen molar-refractivity contribution in [3.8, 4) is 0 Å². The number of nitrogens with zero attached hydrogens (tertiary/aromatic N) is 1. The molecule has 1 amide bonds. The molecule has 4 nitrogen and oxygen atoms in total. The smallest absolute Gasteiger partial charge is 0.407 e. The molecule has 1 N–H and O–H groups in total. The number of hydrogen-bond donors (Lipinski definition) is 1. The maximum absolute atomic E-state index is 12.6.